The third-order valence-corrected chi connectivity index (χ3v) is 5.30. The van der Waals surface area contributed by atoms with Crippen molar-refractivity contribution in [2.75, 3.05) is 19.6 Å². The summed E-state index contributed by atoms with van der Waals surface area (Å²) in [6.45, 7) is 3.36. The summed E-state index contributed by atoms with van der Waals surface area (Å²) >= 11 is 0. The second kappa shape index (κ2) is 11.0. The van der Waals surface area contributed by atoms with Crippen molar-refractivity contribution in [2.24, 2.45) is 0 Å². The lowest BCUT2D eigenvalue weighted by Crippen LogP contribution is -2.40. The molecule has 1 heterocycles. The Morgan fingerprint density at radius 1 is 1.10 bits per heavy atom. The summed E-state index contributed by atoms with van der Waals surface area (Å²) < 4.78 is 0. The van der Waals surface area contributed by atoms with E-state index in [1.165, 1.54) is 5.56 Å². The van der Waals surface area contributed by atoms with Gasteiger partial charge in [-0.1, -0.05) is 42.5 Å². The van der Waals surface area contributed by atoms with E-state index in [0.29, 0.717) is 13.0 Å². The van der Waals surface area contributed by atoms with Crippen LogP contribution in [0.4, 0.5) is 0 Å². The smallest absolute Gasteiger partial charge is 0.263 e. The van der Waals surface area contributed by atoms with Crippen LogP contribution in [0, 0.1) is 11.3 Å². The Hall–Kier alpha value is -3.30. The Balaban J connectivity index is 1.40. The molecule has 6 nitrogen and oxygen atoms in total. The van der Waals surface area contributed by atoms with Gasteiger partial charge in [-0.2, -0.15) is 5.26 Å². The zero-order chi connectivity index (χ0) is 21.2. The Labute approximate surface area is 177 Å². The molecule has 0 bridgehead atoms. The molecule has 0 spiro atoms. The summed E-state index contributed by atoms with van der Waals surface area (Å²) in [4.78, 5) is 14.7. The molecule has 1 amide bonds. The summed E-state index contributed by atoms with van der Waals surface area (Å²) in [6, 6.07) is 19.6. The molecular weight excluding hydrogens is 376 g/mol. The molecule has 3 rings (SSSR count). The van der Waals surface area contributed by atoms with Gasteiger partial charge < -0.3 is 15.7 Å². The summed E-state index contributed by atoms with van der Waals surface area (Å²) in [5.74, 6) is -0.153. The van der Waals surface area contributed by atoms with Gasteiger partial charge in [0.1, 0.15) is 17.4 Å². The van der Waals surface area contributed by atoms with Crippen LogP contribution in [0.2, 0.25) is 0 Å². The lowest BCUT2D eigenvalue weighted by molar-refractivity contribution is -0.117. The van der Waals surface area contributed by atoms with Crippen LogP contribution in [-0.2, 0) is 17.8 Å². The van der Waals surface area contributed by atoms with E-state index >= 15 is 0 Å². The molecule has 1 aliphatic heterocycles. The molecule has 0 aromatic heterocycles. The molecule has 1 aliphatic rings. The molecule has 2 aromatic rings. The van der Waals surface area contributed by atoms with Gasteiger partial charge in [-0.3, -0.25) is 9.69 Å². The monoisotopic (exact) mass is 404 g/mol. The molecule has 30 heavy (non-hydrogen) atoms. The molecule has 2 aromatic carbocycles. The van der Waals surface area contributed by atoms with Crippen molar-refractivity contribution in [2.45, 2.75) is 31.8 Å². The second-order valence-corrected chi connectivity index (χ2v) is 7.54. The van der Waals surface area contributed by atoms with Crippen LogP contribution in [0.5, 0.6) is 5.75 Å². The van der Waals surface area contributed by atoms with Gasteiger partial charge in [0.25, 0.3) is 5.91 Å². The van der Waals surface area contributed by atoms with Crippen LogP contribution in [0.25, 0.3) is 0 Å². The van der Waals surface area contributed by atoms with E-state index < -0.39 is 0 Å². The number of phenols is 1. The van der Waals surface area contributed by atoms with Crippen molar-refractivity contribution in [1.29, 1.82) is 5.26 Å². The predicted molar refractivity (Wildman–Crippen MR) is 116 cm³/mol. The molecule has 0 radical (unpaired) electrons. The number of nitrogens with one attached hydrogen (secondary N) is 2. The number of piperidine rings is 1. The normalized spacial score (nSPS) is 15.4. The van der Waals surface area contributed by atoms with Crippen molar-refractivity contribution >= 4 is 5.91 Å². The number of phenolic OH excluding ortho intramolecular Hbond substituents is 1. The molecule has 0 aliphatic carbocycles. The fraction of sp³-hybridized carbons (Fsp3) is 0.333. The highest BCUT2D eigenvalue weighted by molar-refractivity contribution is 5.97. The van der Waals surface area contributed by atoms with Gasteiger partial charge in [-0.15, -0.1) is 0 Å². The standard InChI is InChI=1S/C24H28N4O2/c25-16-21(24(30)26-13-10-19-6-8-23(29)9-7-19)17-27-22-11-14-28(15-12-22)18-20-4-2-1-3-5-20/h1-9,17,22,27,29H,10-15,18H2,(H,26,30)/b21-17-. The number of nitrogens with zero attached hydrogens (tertiary/aromatic N) is 2. The lowest BCUT2D eigenvalue weighted by Gasteiger charge is -2.32. The Bertz CT molecular complexity index is 880. The van der Waals surface area contributed by atoms with Crippen molar-refractivity contribution < 1.29 is 9.90 Å². The summed E-state index contributed by atoms with van der Waals surface area (Å²) in [7, 11) is 0. The van der Waals surface area contributed by atoms with Crippen LogP contribution in [0.15, 0.2) is 66.4 Å². The van der Waals surface area contributed by atoms with Crippen LogP contribution in [0.3, 0.4) is 0 Å². The molecule has 0 atom stereocenters. The fourth-order valence-electron chi connectivity index (χ4n) is 3.53. The maximum absolute atomic E-state index is 12.3. The van der Waals surface area contributed by atoms with Crippen molar-refractivity contribution in [3.63, 3.8) is 0 Å². The van der Waals surface area contributed by atoms with Gasteiger partial charge in [0.2, 0.25) is 0 Å². The van der Waals surface area contributed by atoms with E-state index in [-0.39, 0.29) is 23.3 Å². The maximum atomic E-state index is 12.3. The third-order valence-electron chi connectivity index (χ3n) is 5.30. The minimum Gasteiger partial charge on any atom is -0.508 e. The summed E-state index contributed by atoms with van der Waals surface area (Å²) in [6.07, 6.45) is 4.14. The lowest BCUT2D eigenvalue weighted by atomic mass is 10.0. The molecule has 0 saturated carbocycles. The van der Waals surface area contributed by atoms with Crippen LogP contribution >= 0.6 is 0 Å². The maximum Gasteiger partial charge on any atom is 0.263 e. The van der Waals surface area contributed by atoms with E-state index in [2.05, 4.69) is 39.8 Å². The molecular formula is C24H28N4O2. The van der Waals surface area contributed by atoms with Crippen molar-refractivity contribution in [1.82, 2.24) is 15.5 Å². The highest BCUT2D eigenvalue weighted by Crippen LogP contribution is 2.14. The molecule has 1 fully saturated rings. The number of rotatable bonds is 8. The topological polar surface area (TPSA) is 88.4 Å². The largest absolute Gasteiger partial charge is 0.508 e. The van der Waals surface area contributed by atoms with Crippen LogP contribution in [-0.4, -0.2) is 41.6 Å². The quantitative estimate of drug-likeness (QED) is 0.465. The minimum atomic E-state index is -0.370. The molecule has 156 valence electrons. The highest BCUT2D eigenvalue weighted by atomic mass is 16.3. The number of aromatic hydroxyl groups is 1. The van der Waals surface area contributed by atoms with E-state index in [1.807, 2.05) is 24.3 Å². The average Bonchev–Trinajstić information content (AvgIpc) is 2.77. The zero-order valence-corrected chi connectivity index (χ0v) is 17.1. The van der Waals surface area contributed by atoms with E-state index in [9.17, 15) is 15.2 Å². The van der Waals surface area contributed by atoms with Crippen LogP contribution in [0.1, 0.15) is 24.0 Å². The number of nitriles is 1. The average molecular weight is 405 g/mol. The molecule has 3 N–H and O–H groups in total. The van der Waals surface area contributed by atoms with Gasteiger partial charge in [-0.05, 0) is 42.5 Å². The molecule has 1 saturated heterocycles. The first kappa shape index (κ1) is 21.4. The van der Waals surface area contributed by atoms with Gasteiger partial charge in [0, 0.05) is 38.4 Å². The second-order valence-electron chi connectivity index (χ2n) is 7.54. The van der Waals surface area contributed by atoms with Gasteiger partial charge in [0.15, 0.2) is 0 Å². The Morgan fingerprint density at radius 3 is 2.47 bits per heavy atom. The Kier molecular flexibility index (Phi) is 7.87. The zero-order valence-electron chi connectivity index (χ0n) is 17.1. The number of carbonyl (C=O) groups excluding carboxylic acids is 1. The molecule has 0 unspecified atom stereocenters. The van der Waals surface area contributed by atoms with Gasteiger partial charge in [-0.25, -0.2) is 0 Å². The van der Waals surface area contributed by atoms with Gasteiger partial charge in [0.05, 0.1) is 0 Å². The summed E-state index contributed by atoms with van der Waals surface area (Å²) in [5.41, 5.74) is 2.42. The first-order valence-corrected chi connectivity index (χ1v) is 10.3. The highest BCUT2D eigenvalue weighted by Gasteiger charge is 2.19. The fourth-order valence-corrected chi connectivity index (χ4v) is 3.53. The van der Waals surface area contributed by atoms with E-state index in [0.717, 1.165) is 38.0 Å². The first-order chi connectivity index (χ1) is 14.6. The number of benzene rings is 2. The number of hydrogen-bond donors (Lipinski definition) is 3. The van der Waals surface area contributed by atoms with E-state index in [1.54, 1.807) is 18.3 Å². The third kappa shape index (κ3) is 6.64. The summed E-state index contributed by atoms with van der Waals surface area (Å²) in [5, 5.41) is 24.7. The predicted octanol–water partition coefficient (Wildman–Crippen LogP) is 2.71. The number of amides is 1. The van der Waals surface area contributed by atoms with Crippen molar-refractivity contribution in [3.8, 4) is 11.8 Å². The Morgan fingerprint density at radius 2 is 1.80 bits per heavy atom. The van der Waals surface area contributed by atoms with Crippen molar-refractivity contribution in [3.05, 3.63) is 77.5 Å². The van der Waals surface area contributed by atoms with Crippen LogP contribution < -0.4 is 10.6 Å². The number of carbonyl (C=O) groups is 1. The van der Waals surface area contributed by atoms with E-state index in [4.69, 9.17) is 0 Å². The first-order valence-electron chi connectivity index (χ1n) is 10.3. The number of hydrogen-bond acceptors (Lipinski definition) is 5. The minimum absolute atomic E-state index is 0.0902. The number of likely N-dealkylation sites (tertiary alicyclic amines) is 1. The molecule has 6 heteroatoms. The SMILES string of the molecule is N#C/C(=C/NC1CCN(Cc2ccccc2)CC1)C(=O)NCCc1ccc(O)cc1. The van der Waals surface area contributed by atoms with Gasteiger partial charge >= 0.3 is 0 Å².